The van der Waals surface area contributed by atoms with Gasteiger partial charge < -0.3 is 9.84 Å². The topological polar surface area (TPSA) is 98.7 Å². The van der Waals surface area contributed by atoms with Crippen LogP contribution in [0.5, 0.6) is 0 Å². The van der Waals surface area contributed by atoms with Gasteiger partial charge in [-0.3, -0.25) is 4.79 Å². The molecule has 8 nitrogen and oxygen atoms in total. The zero-order valence-corrected chi connectivity index (χ0v) is 14.8. The van der Waals surface area contributed by atoms with E-state index in [1.54, 1.807) is 16.9 Å². The van der Waals surface area contributed by atoms with Crippen molar-refractivity contribution in [3.63, 3.8) is 0 Å². The highest BCUT2D eigenvalue weighted by atomic mass is 19.1. The Bertz CT molecular complexity index is 1120. The van der Waals surface area contributed by atoms with Gasteiger partial charge in [0.15, 0.2) is 5.69 Å². The summed E-state index contributed by atoms with van der Waals surface area (Å²) in [4.78, 5) is 16.2. The van der Waals surface area contributed by atoms with Gasteiger partial charge in [-0.2, -0.15) is 4.98 Å². The monoisotopic (exact) mass is 378 g/mol. The lowest BCUT2D eigenvalue weighted by Gasteiger charge is -2.01. The molecule has 4 rings (SSSR count). The van der Waals surface area contributed by atoms with E-state index >= 15 is 0 Å². The van der Waals surface area contributed by atoms with Crippen molar-refractivity contribution < 1.29 is 13.7 Å². The lowest BCUT2D eigenvalue weighted by molar-refractivity contribution is 0.0981. The van der Waals surface area contributed by atoms with Crippen molar-refractivity contribution in [3.8, 4) is 11.5 Å². The first-order chi connectivity index (χ1) is 13.6. The number of aromatic nitrogens is 5. The Balaban J connectivity index is 1.46. The molecule has 2 heterocycles. The van der Waals surface area contributed by atoms with E-state index in [4.69, 9.17) is 4.52 Å². The summed E-state index contributed by atoms with van der Waals surface area (Å²) in [6, 6.07) is 13.6. The van der Waals surface area contributed by atoms with Crippen LogP contribution in [0.1, 0.15) is 21.8 Å². The number of halogens is 1. The summed E-state index contributed by atoms with van der Waals surface area (Å²) in [5.74, 6) is -1.22. The minimum absolute atomic E-state index is 0.138. The summed E-state index contributed by atoms with van der Waals surface area (Å²) in [5, 5.41) is 14.3. The zero-order valence-electron chi connectivity index (χ0n) is 14.8. The van der Waals surface area contributed by atoms with Gasteiger partial charge in [0, 0.05) is 5.69 Å². The smallest absolute Gasteiger partial charge is 0.316 e. The normalized spacial score (nSPS) is 10.8. The van der Waals surface area contributed by atoms with E-state index in [1.165, 1.54) is 23.8 Å². The van der Waals surface area contributed by atoms with Crippen LogP contribution in [0.4, 0.5) is 10.1 Å². The molecule has 0 aliphatic heterocycles. The van der Waals surface area contributed by atoms with Crippen LogP contribution in [0.3, 0.4) is 0 Å². The summed E-state index contributed by atoms with van der Waals surface area (Å²) in [6.45, 7) is 2.56. The largest absolute Gasteiger partial charge is 0.328 e. The summed E-state index contributed by atoms with van der Waals surface area (Å²) in [5.41, 5.74) is 2.92. The minimum atomic E-state index is -0.642. The van der Waals surface area contributed by atoms with Gasteiger partial charge >= 0.3 is 11.8 Å². The van der Waals surface area contributed by atoms with E-state index in [1.807, 2.05) is 31.2 Å². The zero-order chi connectivity index (χ0) is 19.5. The van der Waals surface area contributed by atoms with Gasteiger partial charge in [0.1, 0.15) is 5.82 Å². The Hall–Kier alpha value is -3.88. The van der Waals surface area contributed by atoms with Crippen molar-refractivity contribution in [3.05, 3.63) is 77.6 Å². The minimum Gasteiger partial charge on any atom is -0.328 e. The number of benzene rings is 2. The number of carbonyl (C=O) groups is 1. The molecule has 1 N–H and O–H groups in total. The van der Waals surface area contributed by atoms with Crippen LogP contribution >= 0.6 is 0 Å². The molecule has 0 unspecified atom stereocenters. The predicted molar refractivity (Wildman–Crippen MR) is 97.9 cm³/mol. The Morgan fingerprint density at radius 1 is 1.21 bits per heavy atom. The third-order valence-electron chi connectivity index (χ3n) is 3.94. The molecule has 0 bridgehead atoms. The van der Waals surface area contributed by atoms with Gasteiger partial charge in [-0.05, 0) is 30.7 Å². The molecule has 0 saturated carbocycles. The molecule has 0 atom stereocenters. The maximum Gasteiger partial charge on any atom is 0.316 e. The molecule has 0 radical (unpaired) electrons. The number of aryl methyl sites for hydroxylation is 1. The first kappa shape index (κ1) is 17.5. The Labute approximate surface area is 159 Å². The maximum absolute atomic E-state index is 13.2. The summed E-state index contributed by atoms with van der Waals surface area (Å²) >= 11 is 0. The lowest BCUT2D eigenvalue weighted by Crippen LogP contribution is -2.12. The Morgan fingerprint density at radius 3 is 2.82 bits per heavy atom. The van der Waals surface area contributed by atoms with Crippen molar-refractivity contribution >= 4 is 11.6 Å². The van der Waals surface area contributed by atoms with Crippen LogP contribution in [0, 0.1) is 12.7 Å². The second-order valence-corrected chi connectivity index (χ2v) is 6.17. The fourth-order valence-corrected chi connectivity index (χ4v) is 2.53. The first-order valence-electron chi connectivity index (χ1n) is 8.43. The van der Waals surface area contributed by atoms with Crippen molar-refractivity contribution in [2.75, 3.05) is 5.32 Å². The molecule has 0 spiro atoms. The predicted octanol–water partition coefficient (Wildman–Crippen LogP) is 3.08. The van der Waals surface area contributed by atoms with Crippen molar-refractivity contribution in [1.29, 1.82) is 0 Å². The van der Waals surface area contributed by atoms with Gasteiger partial charge in [0.2, 0.25) is 5.82 Å². The van der Waals surface area contributed by atoms with Crippen molar-refractivity contribution in [2.45, 2.75) is 13.5 Å². The SMILES string of the molecule is Cc1ccc(Cn2cc(-c3noc(C(=O)Nc4cccc(F)c4)n3)nn2)cc1. The van der Waals surface area contributed by atoms with E-state index in [9.17, 15) is 9.18 Å². The molecule has 0 saturated heterocycles. The summed E-state index contributed by atoms with van der Waals surface area (Å²) < 4.78 is 19.8. The number of nitrogens with one attached hydrogen (secondary N) is 1. The third kappa shape index (κ3) is 3.93. The molecule has 9 heteroatoms. The van der Waals surface area contributed by atoms with E-state index < -0.39 is 11.7 Å². The molecule has 2 aromatic heterocycles. The Morgan fingerprint density at radius 2 is 2.04 bits per heavy atom. The number of nitrogens with zero attached hydrogens (tertiary/aromatic N) is 5. The maximum atomic E-state index is 13.2. The molecule has 4 aromatic rings. The number of hydrogen-bond acceptors (Lipinski definition) is 6. The number of anilines is 1. The lowest BCUT2D eigenvalue weighted by atomic mass is 10.1. The summed E-state index contributed by atoms with van der Waals surface area (Å²) in [6.07, 6.45) is 1.67. The molecule has 0 aliphatic carbocycles. The molecular formula is C19H15FN6O2. The Kier molecular flexibility index (Phi) is 4.63. The fraction of sp³-hybridized carbons (Fsp3) is 0.105. The highest BCUT2D eigenvalue weighted by Gasteiger charge is 2.18. The second-order valence-electron chi connectivity index (χ2n) is 6.17. The molecule has 2 aromatic carbocycles. The van der Waals surface area contributed by atoms with Gasteiger partial charge in [-0.25, -0.2) is 9.07 Å². The number of amides is 1. The van der Waals surface area contributed by atoms with E-state index in [0.29, 0.717) is 12.2 Å². The van der Waals surface area contributed by atoms with E-state index in [2.05, 4.69) is 25.8 Å². The number of rotatable bonds is 5. The molecule has 1 amide bonds. The highest BCUT2D eigenvalue weighted by molar-refractivity contribution is 6.01. The van der Waals surface area contributed by atoms with Crippen molar-refractivity contribution in [1.82, 2.24) is 25.1 Å². The van der Waals surface area contributed by atoms with Crippen LogP contribution < -0.4 is 5.32 Å². The molecular weight excluding hydrogens is 363 g/mol. The second kappa shape index (κ2) is 7.39. The van der Waals surface area contributed by atoms with E-state index in [-0.39, 0.29) is 17.4 Å². The quantitative estimate of drug-likeness (QED) is 0.573. The van der Waals surface area contributed by atoms with Gasteiger partial charge in [0.05, 0.1) is 12.7 Å². The number of carbonyl (C=O) groups excluding carboxylic acids is 1. The molecule has 0 aliphatic rings. The standard InChI is InChI=1S/C19H15FN6O2/c1-12-5-7-13(8-6-12)10-26-11-16(23-25-26)17-22-19(28-24-17)18(27)21-15-4-2-3-14(20)9-15/h2-9,11H,10H2,1H3,(H,21,27). The van der Waals surface area contributed by atoms with Crippen LogP contribution in [-0.4, -0.2) is 31.0 Å². The molecule has 28 heavy (non-hydrogen) atoms. The van der Waals surface area contributed by atoms with Gasteiger partial charge in [0.25, 0.3) is 0 Å². The van der Waals surface area contributed by atoms with Crippen LogP contribution in [0.15, 0.2) is 59.3 Å². The first-order valence-corrected chi connectivity index (χ1v) is 8.43. The van der Waals surface area contributed by atoms with Crippen molar-refractivity contribution in [2.24, 2.45) is 0 Å². The van der Waals surface area contributed by atoms with Gasteiger partial charge in [-0.15, -0.1) is 5.10 Å². The highest BCUT2D eigenvalue weighted by Crippen LogP contribution is 2.15. The van der Waals surface area contributed by atoms with E-state index in [0.717, 1.165) is 5.56 Å². The average molecular weight is 378 g/mol. The fourth-order valence-electron chi connectivity index (χ4n) is 2.53. The average Bonchev–Trinajstić information content (AvgIpc) is 3.33. The molecule has 0 fully saturated rings. The summed E-state index contributed by atoms with van der Waals surface area (Å²) in [7, 11) is 0. The van der Waals surface area contributed by atoms with Crippen LogP contribution in [0.2, 0.25) is 0 Å². The van der Waals surface area contributed by atoms with Crippen LogP contribution in [-0.2, 0) is 6.54 Å². The molecule has 140 valence electrons. The van der Waals surface area contributed by atoms with Crippen LogP contribution in [0.25, 0.3) is 11.5 Å². The van der Waals surface area contributed by atoms with Gasteiger partial charge in [-0.1, -0.05) is 46.3 Å². The number of hydrogen-bond donors (Lipinski definition) is 1. The third-order valence-corrected chi connectivity index (χ3v) is 3.94.